The van der Waals surface area contributed by atoms with Gasteiger partial charge in [-0.25, -0.2) is 0 Å². The minimum Gasteiger partial charge on any atom is -0.352 e. The topological polar surface area (TPSA) is 32.3 Å². The number of rotatable bonds is 4. The molecule has 4 heteroatoms. The largest absolute Gasteiger partial charge is 0.352 e. The Morgan fingerprint density at radius 1 is 1.40 bits per heavy atom. The Labute approximate surface area is 129 Å². The number of hydrogen-bond donors (Lipinski definition) is 1. The number of amides is 1. The average molecular weight is 339 g/mol. The Morgan fingerprint density at radius 2 is 2.10 bits per heavy atom. The lowest BCUT2D eigenvalue weighted by Crippen LogP contribution is -2.32. The number of nitrogens with one attached hydrogen (secondary N) is 1. The van der Waals surface area contributed by atoms with Gasteiger partial charge >= 0.3 is 0 Å². The predicted molar refractivity (Wildman–Crippen MR) is 86.1 cm³/mol. The van der Waals surface area contributed by atoms with Crippen molar-refractivity contribution in [3.63, 3.8) is 0 Å². The summed E-state index contributed by atoms with van der Waals surface area (Å²) in [5.41, 5.74) is 1.87. The van der Waals surface area contributed by atoms with Crippen molar-refractivity contribution in [3.05, 3.63) is 33.8 Å². The molecule has 0 aromatic heterocycles. The maximum absolute atomic E-state index is 12.1. The zero-order valence-corrected chi connectivity index (χ0v) is 13.9. The summed E-state index contributed by atoms with van der Waals surface area (Å²) >= 11 is 3.46. The molecule has 1 saturated heterocycles. The van der Waals surface area contributed by atoms with E-state index in [1.165, 1.54) is 25.9 Å². The smallest absolute Gasteiger partial charge is 0.252 e. The van der Waals surface area contributed by atoms with E-state index in [9.17, 15) is 4.79 Å². The van der Waals surface area contributed by atoms with Crippen LogP contribution in [0.15, 0.2) is 22.7 Å². The third-order valence-electron chi connectivity index (χ3n) is 4.05. The first kappa shape index (κ1) is 15.5. The minimum atomic E-state index is 0.0183. The van der Waals surface area contributed by atoms with Gasteiger partial charge in [0.25, 0.3) is 5.91 Å². The number of hydrogen-bond acceptors (Lipinski definition) is 2. The third-order valence-corrected chi connectivity index (χ3v) is 4.70. The number of halogens is 1. The van der Waals surface area contributed by atoms with Crippen molar-refractivity contribution >= 4 is 21.8 Å². The molecule has 1 aliphatic rings. The van der Waals surface area contributed by atoms with Gasteiger partial charge in [-0.1, -0.05) is 6.07 Å². The zero-order valence-electron chi connectivity index (χ0n) is 12.3. The molecule has 0 atom stereocenters. The van der Waals surface area contributed by atoms with Gasteiger partial charge in [-0.2, -0.15) is 0 Å². The second kappa shape index (κ2) is 7.23. The molecule has 0 aliphatic carbocycles. The molecule has 1 heterocycles. The first-order valence-electron chi connectivity index (χ1n) is 7.29. The fourth-order valence-electron chi connectivity index (χ4n) is 2.64. The van der Waals surface area contributed by atoms with Crippen LogP contribution in [-0.4, -0.2) is 37.5 Å². The molecule has 0 radical (unpaired) electrons. The van der Waals surface area contributed by atoms with Gasteiger partial charge in [-0.05, 0) is 85.9 Å². The maximum atomic E-state index is 12.1. The summed E-state index contributed by atoms with van der Waals surface area (Å²) in [5.74, 6) is 0.776. The fourth-order valence-corrected chi connectivity index (χ4v) is 3.31. The molecule has 1 amide bonds. The van der Waals surface area contributed by atoms with Crippen LogP contribution >= 0.6 is 15.9 Å². The molecule has 0 saturated carbocycles. The summed E-state index contributed by atoms with van der Waals surface area (Å²) < 4.78 is 0.870. The first-order chi connectivity index (χ1) is 9.56. The van der Waals surface area contributed by atoms with E-state index in [4.69, 9.17) is 0 Å². The third kappa shape index (κ3) is 4.32. The molecule has 2 rings (SSSR count). The van der Waals surface area contributed by atoms with Gasteiger partial charge in [0, 0.05) is 11.0 Å². The van der Waals surface area contributed by atoms with E-state index in [0.29, 0.717) is 0 Å². The van der Waals surface area contributed by atoms with Crippen molar-refractivity contribution in [3.8, 4) is 0 Å². The minimum absolute atomic E-state index is 0.0183. The zero-order chi connectivity index (χ0) is 14.5. The van der Waals surface area contributed by atoms with E-state index in [1.807, 2.05) is 25.1 Å². The van der Waals surface area contributed by atoms with Gasteiger partial charge in [0.1, 0.15) is 0 Å². The maximum Gasteiger partial charge on any atom is 0.252 e. The van der Waals surface area contributed by atoms with Crippen molar-refractivity contribution < 1.29 is 4.79 Å². The SMILES string of the molecule is Cc1ccc(C(=O)NCCC2CCN(C)CC2)c(Br)c1. The molecule has 1 fully saturated rings. The number of benzene rings is 1. The normalized spacial score (nSPS) is 17.1. The van der Waals surface area contributed by atoms with E-state index < -0.39 is 0 Å². The van der Waals surface area contributed by atoms with Crippen LogP contribution in [0.5, 0.6) is 0 Å². The van der Waals surface area contributed by atoms with Crippen molar-refractivity contribution in [1.29, 1.82) is 0 Å². The predicted octanol–water partition coefficient (Wildman–Crippen LogP) is 3.22. The highest BCUT2D eigenvalue weighted by molar-refractivity contribution is 9.10. The van der Waals surface area contributed by atoms with Crippen LogP contribution in [0.25, 0.3) is 0 Å². The number of likely N-dealkylation sites (tertiary alicyclic amines) is 1. The van der Waals surface area contributed by atoms with Crippen LogP contribution in [0.2, 0.25) is 0 Å². The second-order valence-electron chi connectivity index (χ2n) is 5.77. The van der Waals surface area contributed by atoms with Gasteiger partial charge in [-0.3, -0.25) is 4.79 Å². The van der Waals surface area contributed by atoms with Crippen LogP contribution in [0.4, 0.5) is 0 Å². The highest BCUT2D eigenvalue weighted by Gasteiger charge is 2.17. The van der Waals surface area contributed by atoms with E-state index in [1.54, 1.807) is 0 Å². The van der Waals surface area contributed by atoms with E-state index in [0.717, 1.165) is 34.5 Å². The highest BCUT2D eigenvalue weighted by Crippen LogP contribution is 2.20. The van der Waals surface area contributed by atoms with Crippen molar-refractivity contribution in [2.24, 2.45) is 5.92 Å². The second-order valence-corrected chi connectivity index (χ2v) is 6.63. The summed E-state index contributed by atoms with van der Waals surface area (Å²) in [6, 6.07) is 5.83. The Hall–Kier alpha value is -0.870. The van der Waals surface area contributed by atoms with E-state index in [-0.39, 0.29) is 5.91 Å². The summed E-state index contributed by atoms with van der Waals surface area (Å²) in [4.78, 5) is 14.5. The lowest BCUT2D eigenvalue weighted by molar-refractivity contribution is 0.0948. The van der Waals surface area contributed by atoms with Gasteiger partial charge in [-0.15, -0.1) is 0 Å². The van der Waals surface area contributed by atoms with Crippen molar-refractivity contribution in [2.45, 2.75) is 26.2 Å². The molecule has 0 bridgehead atoms. The molecule has 1 N–H and O–H groups in total. The monoisotopic (exact) mass is 338 g/mol. The molecule has 1 aromatic carbocycles. The van der Waals surface area contributed by atoms with Crippen LogP contribution < -0.4 is 5.32 Å². The summed E-state index contributed by atoms with van der Waals surface area (Å²) in [5, 5.41) is 3.04. The van der Waals surface area contributed by atoms with Crippen molar-refractivity contribution in [1.82, 2.24) is 10.2 Å². The fraction of sp³-hybridized carbons (Fsp3) is 0.562. The molecule has 0 unspecified atom stereocenters. The molecule has 1 aliphatic heterocycles. The molecule has 1 aromatic rings. The quantitative estimate of drug-likeness (QED) is 0.914. The molecular formula is C16H23BrN2O. The summed E-state index contributed by atoms with van der Waals surface area (Å²) in [7, 11) is 2.17. The van der Waals surface area contributed by atoms with Gasteiger partial charge in [0.15, 0.2) is 0 Å². The molecule has 3 nitrogen and oxygen atoms in total. The Kier molecular flexibility index (Phi) is 5.61. The lowest BCUT2D eigenvalue weighted by atomic mass is 9.94. The number of aryl methyl sites for hydroxylation is 1. The summed E-state index contributed by atoms with van der Waals surface area (Å²) in [6.45, 7) is 5.16. The Balaban J connectivity index is 1.77. The Morgan fingerprint density at radius 3 is 2.75 bits per heavy atom. The lowest BCUT2D eigenvalue weighted by Gasteiger charge is -2.28. The van der Waals surface area contributed by atoms with Gasteiger partial charge < -0.3 is 10.2 Å². The number of piperidine rings is 1. The Bertz CT molecular complexity index is 468. The van der Waals surface area contributed by atoms with Crippen LogP contribution in [0, 0.1) is 12.8 Å². The number of nitrogens with zero attached hydrogens (tertiary/aromatic N) is 1. The number of carbonyl (C=O) groups is 1. The molecule has 0 spiro atoms. The van der Waals surface area contributed by atoms with Crippen LogP contribution in [-0.2, 0) is 0 Å². The highest BCUT2D eigenvalue weighted by atomic mass is 79.9. The van der Waals surface area contributed by atoms with Crippen LogP contribution in [0.3, 0.4) is 0 Å². The molecular weight excluding hydrogens is 316 g/mol. The van der Waals surface area contributed by atoms with Crippen molar-refractivity contribution in [2.75, 3.05) is 26.7 Å². The molecule has 110 valence electrons. The number of carbonyl (C=O) groups excluding carboxylic acids is 1. The average Bonchev–Trinajstić information content (AvgIpc) is 2.41. The van der Waals surface area contributed by atoms with Gasteiger partial charge in [0.05, 0.1) is 5.56 Å². The van der Waals surface area contributed by atoms with Crippen LogP contribution in [0.1, 0.15) is 35.2 Å². The van der Waals surface area contributed by atoms with E-state index in [2.05, 4.69) is 33.2 Å². The summed E-state index contributed by atoms with van der Waals surface area (Å²) in [6.07, 6.45) is 3.59. The standard InChI is InChI=1S/C16H23BrN2O/c1-12-3-4-14(15(17)11-12)16(20)18-8-5-13-6-9-19(2)10-7-13/h3-4,11,13H,5-10H2,1-2H3,(H,18,20). The van der Waals surface area contributed by atoms with Gasteiger partial charge in [0.2, 0.25) is 0 Å². The molecule has 20 heavy (non-hydrogen) atoms. The van der Waals surface area contributed by atoms with E-state index >= 15 is 0 Å². The first-order valence-corrected chi connectivity index (χ1v) is 8.08.